The number of benzene rings is 1. The van der Waals surface area contributed by atoms with Crippen molar-refractivity contribution < 1.29 is 9.84 Å². The van der Waals surface area contributed by atoms with E-state index in [9.17, 15) is 5.11 Å². The number of hydrazine groups is 1. The molecule has 4 aliphatic rings. The van der Waals surface area contributed by atoms with Crippen LogP contribution < -0.4 is 16.1 Å². The van der Waals surface area contributed by atoms with Gasteiger partial charge in [0.1, 0.15) is 29.7 Å². The van der Waals surface area contributed by atoms with E-state index < -0.39 is 5.60 Å². The lowest BCUT2D eigenvalue weighted by atomic mass is 9.80. The van der Waals surface area contributed by atoms with E-state index in [-0.39, 0.29) is 6.04 Å². The second-order valence-corrected chi connectivity index (χ2v) is 11.3. The van der Waals surface area contributed by atoms with Crippen molar-refractivity contribution >= 4 is 17.3 Å². The maximum atomic E-state index is 10.9. The van der Waals surface area contributed by atoms with Gasteiger partial charge in [-0.3, -0.25) is 10.4 Å². The van der Waals surface area contributed by atoms with Gasteiger partial charge in [0.2, 0.25) is 0 Å². The molecule has 8 heteroatoms. The molecule has 1 fully saturated rings. The Bertz CT molecular complexity index is 1140. The van der Waals surface area contributed by atoms with Crippen molar-refractivity contribution in [3.63, 3.8) is 0 Å². The zero-order valence-corrected chi connectivity index (χ0v) is 21.6. The van der Waals surface area contributed by atoms with Crippen LogP contribution in [-0.2, 0) is 10.3 Å². The quantitative estimate of drug-likeness (QED) is 0.458. The Balaban J connectivity index is 1.45. The van der Waals surface area contributed by atoms with Crippen molar-refractivity contribution in [3.8, 4) is 0 Å². The molecule has 3 heterocycles. The fourth-order valence-electron chi connectivity index (χ4n) is 5.86. The first kappa shape index (κ1) is 23.4. The SMILES string of the molecule is C[C@@H](Nc1nc(C(C)(C)O)nc2c1NC[C@@H]1CCCC3=C1N(N2)[C@H](c1ccccc1)CO3)C1CCC1. The first-order valence-electron chi connectivity index (χ1n) is 13.5. The minimum Gasteiger partial charge on any atom is -0.493 e. The second-order valence-electron chi connectivity index (χ2n) is 11.3. The lowest BCUT2D eigenvalue weighted by Gasteiger charge is -2.46. The number of nitrogens with zero attached hydrogens (tertiary/aromatic N) is 3. The molecule has 192 valence electrons. The maximum Gasteiger partial charge on any atom is 0.174 e. The number of nitrogens with one attached hydrogen (secondary N) is 3. The minimum atomic E-state index is -1.17. The fraction of sp³-hybridized carbons (Fsp3) is 0.571. The number of ether oxygens (including phenoxy) is 1. The molecular formula is C28H38N6O2. The summed E-state index contributed by atoms with van der Waals surface area (Å²) in [5, 5.41) is 20.6. The smallest absolute Gasteiger partial charge is 0.174 e. The summed E-state index contributed by atoms with van der Waals surface area (Å²) in [6.45, 7) is 7.08. The number of rotatable bonds is 5. The highest BCUT2D eigenvalue weighted by molar-refractivity contribution is 5.78. The van der Waals surface area contributed by atoms with Crippen LogP contribution in [0.15, 0.2) is 41.8 Å². The Morgan fingerprint density at radius 3 is 2.67 bits per heavy atom. The average Bonchev–Trinajstić information content (AvgIpc) is 2.81. The number of hydrogen-bond acceptors (Lipinski definition) is 8. The summed E-state index contributed by atoms with van der Waals surface area (Å²) in [5.74, 6) is 3.91. The lowest BCUT2D eigenvalue weighted by molar-refractivity contribution is 0.0601. The van der Waals surface area contributed by atoms with Crippen LogP contribution in [0.5, 0.6) is 0 Å². The summed E-state index contributed by atoms with van der Waals surface area (Å²) in [5.41, 5.74) is 5.82. The molecule has 8 nitrogen and oxygen atoms in total. The molecule has 4 N–H and O–H groups in total. The molecule has 0 bridgehead atoms. The summed E-state index contributed by atoms with van der Waals surface area (Å²) >= 11 is 0. The van der Waals surface area contributed by atoms with Crippen LogP contribution in [0.4, 0.5) is 17.3 Å². The van der Waals surface area contributed by atoms with Crippen LogP contribution in [0.2, 0.25) is 0 Å². The number of allylic oxidation sites excluding steroid dienone is 1. The van der Waals surface area contributed by atoms with Gasteiger partial charge in [-0.25, -0.2) is 9.97 Å². The third-order valence-electron chi connectivity index (χ3n) is 8.23. The molecule has 0 spiro atoms. The van der Waals surface area contributed by atoms with Gasteiger partial charge in [0, 0.05) is 24.9 Å². The monoisotopic (exact) mass is 490 g/mol. The van der Waals surface area contributed by atoms with Crippen LogP contribution in [0.25, 0.3) is 0 Å². The van der Waals surface area contributed by atoms with E-state index in [0.717, 1.165) is 43.1 Å². The molecule has 0 unspecified atom stereocenters. The number of aromatic nitrogens is 2. The molecule has 3 atom stereocenters. The minimum absolute atomic E-state index is 0.0161. The zero-order valence-electron chi connectivity index (χ0n) is 21.6. The number of fused-ring (bicyclic) bond motifs is 1. The van der Waals surface area contributed by atoms with Crippen molar-refractivity contribution in [2.75, 3.05) is 29.2 Å². The molecule has 2 aliphatic heterocycles. The standard InChI is InChI=1S/C28H38N6O2/c1-17(18-11-7-12-18)30-25-23-26(32-27(31-25)28(2,3)35)33-34-21(19-9-5-4-6-10-19)16-36-22-14-8-13-20(15-29-23)24(22)34/h4-6,9-10,17-18,20-21,29,35H,7-8,11-16H2,1-3H3,(H2,30,31,32,33)/t17-,20+,21+/m1/s1. The first-order chi connectivity index (χ1) is 17.4. The second kappa shape index (κ2) is 9.14. The first-order valence-corrected chi connectivity index (χ1v) is 13.5. The van der Waals surface area contributed by atoms with Gasteiger partial charge in [0.25, 0.3) is 0 Å². The predicted octanol–water partition coefficient (Wildman–Crippen LogP) is 5.14. The third kappa shape index (κ3) is 4.25. The maximum absolute atomic E-state index is 10.9. The Labute approximate surface area is 213 Å². The summed E-state index contributed by atoms with van der Waals surface area (Å²) in [6.07, 6.45) is 6.98. The Kier molecular flexibility index (Phi) is 5.94. The molecule has 2 aliphatic carbocycles. The molecule has 1 saturated carbocycles. The Hall–Kier alpha value is -3.00. The van der Waals surface area contributed by atoms with Gasteiger partial charge in [0.05, 0.1) is 5.70 Å². The zero-order chi connectivity index (χ0) is 24.9. The van der Waals surface area contributed by atoms with Gasteiger partial charge in [-0.05, 0) is 57.9 Å². The van der Waals surface area contributed by atoms with E-state index in [1.54, 1.807) is 13.8 Å². The molecule has 36 heavy (non-hydrogen) atoms. The summed E-state index contributed by atoms with van der Waals surface area (Å²) in [4.78, 5) is 9.71. The molecule has 0 saturated heterocycles. The van der Waals surface area contributed by atoms with Crippen molar-refractivity contribution in [1.82, 2.24) is 15.0 Å². The summed E-state index contributed by atoms with van der Waals surface area (Å²) < 4.78 is 6.35. The van der Waals surface area contributed by atoms with E-state index in [1.165, 1.54) is 30.5 Å². The molecule has 0 radical (unpaired) electrons. The van der Waals surface area contributed by atoms with Crippen molar-refractivity contribution in [1.29, 1.82) is 0 Å². The van der Waals surface area contributed by atoms with Gasteiger partial charge in [-0.1, -0.05) is 36.8 Å². The van der Waals surface area contributed by atoms with Gasteiger partial charge in [-0.2, -0.15) is 0 Å². The topological polar surface area (TPSA) is 94.6 Å². The Morgan fingerprint density at radius 1 is 1.14 bits per heavy atom. The lowest BCUT2D eigenvalue weighted by Crippen LogP contribution is -2.46. The number of aliphatic hydroxyl groups is 1. The fourth-order valence-corrected chi connectivity index (χ4v) is 5.86. The normalized spacial score (nSPS) is 24.6. The average molecular weight is 491 g/mol. The van der Waals surface area contributed by atoms with Gasteiger partial charge >= 0.3 is 0 Å². The van der Waals surface area contributed by atoms with Gasteiger partial charge in [0.15, 0.2) is 17.5 Å². The van der Waals surface area contributed by atoms with Crippen LogP contribution in [-0.4, -0.2) is 39.3 Å². The summed E-state index contributed by atoms with van der Waals surface area (Å²) in [7, 11) is 0. The van der Waals surface area contributed by atoms with Gasteiger partial charge in [-0.15, -0.1) is 0 Å². The summed E-state index contributed by atoms with van der Waals surface area (Å²) in [6, 6.07) is 10.8. The third-order valence-corrected chi connectivity index (χ3v) is 8.23. The molecule has 6 rings (SSSR count). The van der Waals surface area contributed by atoms with Crippen molar-refractivity contribution in [2.24, 2.45) is 11.8 Å². The molecule has 2 aromatic rings. The number of hydrogen-bond donors (Lipinski definition) is 4. The predicted molar refractivity (Wildman–Crippen MR) is 141 cm³/mol. The van der Waals surface area contributed by atoms with E-state index in [0.29, 0.717) is 36.1 Å². The molecule has 1 aromatic carbocycles. The van der Waals surface area contributed by atoms with E-state index in [4.69, 9.17) is 14.7 Å². The largest absolute Gasteiger partial charge is 0.493 e. The van der Waals surface area contributed by atoms with E-state index in [1.807, 2.05) is 6.07 Å². The van der Waals surface area contributed by atoms with E-state index >= 15 is 0 Å². The van der Waals surface area contributed by atoms with Crippen molar-refractivity contribution in [3.05, 3.63) is 53.2 Å². The molecule has 0 amide bonds. The molecule has 1 aromatic heterocycles. The highest BCUT2D eigenvalue weighted by atomic mass is 16.5. The van der Waals surface area contributed by atoms with Gasteiger partial charge < -0.3 is 20.5 Å². The highest BCUT2D eigenvalue weighted by Crippen LogP contribution is 2.45. The molecular weight excluding hydrogens is 452 g/mol. The highest BCUT2D eigenvalue weighted by Gasteiger charge is 2.40. The van der Waals surface area contributed by atoms with Crippen molar-refractivity contribution in [2.45, 2.75) is 77.0 Å². The van der Waals surface area contributed by atoms with Crippen LogP contribution in [0.1, 0.15) is 76.7 Å². The van der Waals surface area contributed by atoms with Crippen LogP contribution >= 0.6 is 0 Å². The number of anilines is 3. The van der Waals surface area contributed by atoms with Crippen LogP contribution in [0, 0.1) is 11.8 Å². The van der Waals surface area contributed by atoms with Crippen LogP contribution in [0.3, 0.4) is 0 Å². The van der Waals surface area contributed by atoms with E-state index in [2.05, 4.69) is 52.3 Å². The Morgan fingerprint density at radius 2 is 1.94 bits per heavy atom.